The van der Waals surface area contributed by atoms with Crippen molar-refractivity contribution in [2.24, 2.45) is 0 Å². The molecule has 1 N–H and O–H groups in total. The van der Waals surface area contributed by atoms with Crippen molar-refractivity contribution in [3.05, 3.63) is 6.20 Å². The van der Waals surface area contributed by atoms with Crippen LogP contribution in [0.25, 0.3) is 0 Å². The minimum atomic E-state index is -0.512. The highest BCUT2D eigenvalue weighted by Crippen LogP contribution is 2.58. The molecule has 3 aliphatic rings. The number of carbonyl (C=O) groups is 1. The van der Waals surface area contributed by atoms with Crippen molar-refractivity contribution in [3.8, 4) is 0 Å². The average Bonchev–Trinajstić information content (AvgIpc) is 2.87. The van der Waals surface area contributed by atoms with Crippen LogP contribution in [0.5, 0.6) is 0 Å². The Morgan fingerprint density at radius 1 is 1.43 bits per heavy atom. The number of rotatable bonds is 2. The fraction of sp³-hybridized carbons (Fsp3) is 0.615. The van der Waals surface area contributed by atoms with Gasteiger partial charge in [-0.25, -0.2) is 9.97 Å². The van der Waals surface area contributed by atoms with E-state index in [2.05, 4.69) is 15.3 Å². The van der Waals surface area contributed by atoms with Crippen LogP contribution in [0.2, 0.25) is 0 Å². The Morgan fingerprint density at radius 2 is 2.14 bits per heavy atom. The highest BCUT2D eigenvalue weighted by atomic mass is 16.7. The summed E-state index contributed by atoms with van der Waals surface area (Å²) in [6.07, 6.45) is 2.55. The van der Waals surface area contributed by atoms with Gasteiger partial charge in [0.2, 0.25) is 5.91 Å². The van der Waals surface area contributed by atoms with E-state index in [1.807, 2.05) is 20.8 Å². The van der Waals surface area contributed by atoms with Crippen molar-refractivity contribution in [3.63, 3.8) is 0 Å². The van der Waals surface area contributed by atoms with Crippen LogP contribution in [0.1, 0.15) is 27.2 Å². The van der Waals surface area contributed by atoms with E-state index in [0.717, 1.165) is 6.42 Å². The summed E-state index contributed by atoms with van der Waals surface area (Å²) >= 11 is 0. The number of hydrogen-bond acceptors (Lipinski definition) is 6. The number of amides is 1. The maximum Gasteiger partial charge on any atom is 0.516 e. The lowest BCUT2D eigenvalue weighted by molar-refractivity contribution is -0.117. The minimum absolute atomic E-state index is 0.00789. The average molecular weight is 288 g/mol. The Bertz CT molecular complexity index is 626. The number of fused-ring (bicyclic) bond motifs is 2. The highest BCUT2D eigenvalue weighted by molar-refractivity contribution is 6.61. The summed E-state index contributed by atoms with van der Waals surface area (Å²) in [7, 11) is -0.512. The van der Waals surface area contributed by atoms with E-state index in [0.29, 0.717) is 23.8 Å². The molecular formula is C13H17BN4O3. The molecule has 2 aliphatic heterocycles. The second-order valence-corrected chi connectivity index (χ2v) is 6.16. The van der Waals surface area contributed by atoms with Crippen molar-refractivity contribution < 1.29 is 14.1 Å². The number of aromatic nitrogens is 2. The molecule has 110 valence electrons. The summed E-state index contributed by atoms with van der Waals surface area (Å²) in [4.78, 5) is 22.4. The van der Waals surface area contributed by atoms with Crippen molar-refractivity contribution in [2.45, 2.75) is 38.4 Å². The van der Waals surface area contributed by atoms with Gasteiger partial charge in [-0.05, 0) is 20.8 Å². The zero-order chi connectivity index (χ0) is 14.8. The molecule has 21 heavy (non-hydrogen) atoms. The molecule has 0 radical (unpaired) electrons. The molecule has 1 saturated carbocycles. The molecule has 2 fully saturated rings. The Hall–Kier alpha value is -1.67. The van der Waals surface area contributed by atoms with Crippen LogP contribution in [-0.2, 0) is 14.1 Å². The third kappa shape index (κ3) is 1.72. The minimum Gasteiger partial charge on any atom is -0.398 e. The lowest BCUT2D eigenvalue weighted by atomic mass is 9.85. The zero-order valence-electron chi connectivity index (χ0n) is 12.3. The molecule has 0 bridgehead atoms. The smallest absolute Gasteiger partial charge is 0.398 e. The molecule has 1 saturated heterocycles. The van der Waals surface area contributed by atoms with E-state index in [-0.39, 0.29) is 23.7 Å². The third-order valence-electron chi connectivity index (χ3n) is 4.70. The monoisotopic (exact) mass is 288 g/mol. The summed E-state index contributed by atoms with van der Waals surface area (Å²) < 4.78 is 11.9. The molecule has 1 amide bonds. The predicted octanol–water partition coefficient (Wildman–Crippen LogP) is -0.0819. The van der Waals surface area contributed by atoms with Gasteiger partial charge >= 0.3 is 7.12 Å². The Labute approximate surface area is 123 Å². The third-order valence-corrected chi connectivity index (χ3v) is 4.70. The van der Waals surface area contributed by atoms with Crippen LogP contribution in [0.4, 0.5) is 11.6 Å². The molecule has 2 atom stereocenters. The van der Waals surface area contributed by atoms with Gasteiger partial charge < -0.3 is 14.6 Å². The van der Waals surface area contributed by atoms with Crippen molar-refractivity contribution in [1.29, 1.82) is 0 Å². The van der Waals surface area contributed by atoms with E-state index >= 15 is 0 Å². The van der Waals surface area contributed by atoms with Crippen LogP contribution in [0.15, 0.2) is 6.20 Å². The second-order valence-electron chi connectivity index (χ2n) is 6.16. The van der Waals surface area contributed by atoms with Crippen LogP contribution >= 0.6 is 0 Å². The lowest BCUT2D eigenvalue weighted by Gasteiger charge is -2.27. The first-order chi connectivity index (χ1) is 9.96. The predicted molar refractivity (Wildman–Crippen MR) is 77.5 cm³/mol. The molecule has 3 heterocycles. The van der Waals surface area contributed by atoms with Crippen LogP contribution in [0.3, 0.4) is 0 Å². The summed E-state index contributed by atoms with van der Waals surface area (Å²) in [5, 5.41) is 2.98. The van der Waals surface area contributed by atoms with Gasteiger partial charge in [0.1, 0.15) is 0 Å². The zero-order valence-corrected chi connectivity index (χ0v) is 12.3. The maximum atomic E-state index is 11.9. The van der Waals surface area contributed by atoms with Crippen molar-refractivity contribution >= 4 is 30.3 Å². The van der Waals surface area contributed by atoms with E-state index < -0.39 is 7.12 Å². The van der Waals surface area contributed by atoms with Gasteiger partial charge in [-0.15, -0.1) is 0 Å². The van der Waals surface area contributed by atoms with E-state index in [1.165, 1.54) is 0 Å². The maximum absolute atomic E-state index is 11.9. The topological polar surface area (TPSA) is 76.6 Å². The Balaban J connectivity index is 1.67. The number of nitrogens with one attached hydrogen (secondary N) is 1. The molecular weight excluding hydrogens is 271 g/mol. The number of likely N-dealkylation sites (N-methyl/N-ethyl adjacent to an activating group) is 1. The van der Waals surface area contributed by atoms with Crippen molar-refractivity contribution in [2.75, 3.05) is 23.3 Å². The van der Waals surface area contributed by atoms with Gasteiger partial charge in [-0.3, -0.25) is 9.69 Å². The molecule has 2 unspecified atom stereocenters. The first kappa shape index (κ1) is 13.0. The molecule has 1 aliphatic carbocycles. The first-order valence-corrected chi connectivity index (χ1v) is 7.22. The Kier molecular flexibility index (Phi) is 2.45. The standard InChI is InChI=1S/C13H17BN4O3/c1-4-18-9(19)6-16-10-11(18)17-8(5-15-10)14-20-12(2)7-13(12,3)21-14/h5H,4,6-7H2,1-3H3,(H,15,16). The number of anilines is 2. The molecule has 8 heteroatoms. The molecule has 0 aromatic carbocycles. The van der Waals surface area contributed by atoms with Crippen molar-refractivity contribution in [1.82, 2.24) is 9.97 Å². The second kappa shape index (κ2) is 3.95. The summed E-state index contributed by atoms with van der Waals surface area (Å²) in [5.74, 6) is 1.17. The summed E-state index contributed by atoms with van der Waals surface area (Å²) in [5.41, 5.74) is 0.153. The van der Waals surface area contributed by atoms with Gasteiger partial charge in [0.05, 0.1) is 23.3 Å². The fourth-order valence-electron chi connectivity index (χ4n) is 3.07. The van der Waals surface area contributed by atoms with E-state index in [9.17, 15) is 4.79 Å². The number of carbonyl (C=O) groups excluding carboxylic acids is 1. The first-order valence-electron chi connectivity index (χ1n) is 7.22. The lowest BCUT2D eigenvalue weighted by Crippen LogP contribution is -2.44. The van der Waals surface area contributed by atoms with Crippen LogP contribution in [-0.4, -0.2) is 47.3 Å². The van der Waals surface area contributed by atoms with Crippen LogP contribution < -0.4 is 15.8 Å². The number of hydrogen-bond donors (Lipinski definition) is 1. The summed E-state index contributed by atoms with van der Waals surface area (Å²) in [6, 6.07) is 0. The largest absolute Gasteiger partial charge is 0.516 e. The van der Waals surface area contributed by atoms with Gasteiger partial charge in [0, 0.05) is 19.2 Å². The quantitative estimate of drug-likeness (QED) is 0.767. The van der Waals surface area contributed by atoms with Gasteiger partial charge in [0.25, 0.3) is 0 Å². The molecule has 0 spiro atoms. The SMILES string of the molecule is CCN1C(=O)CNc2ncc(B3OC4(C)CC4(C)O3)nc21. The van der Waals surface area contributed by atoms with E-state index in [1.54, 1.807) is 11.1 Å². The fourth-order valence-corrected chi connectivity index (χ4v) is 3.07. The molecule has 7 nitrogen and oxygen atoms in total. The van der Waals surface area contributed by atoms with Crippen LogP contribution in [0, 0.1) is 0 Å². The van der Waals surface area contributed by atoms with Gasteiger partial charge in [0.15, 0.2) is 11.6 Å². The molecule has 4 rings (SSSR count). The van der Waals surface area contributed by atoms with Gasteiger partial charge in [-0.2, -0.15) is 0 Å². The summed E-state index contributed by atoms with van der Waals surface area (Å²) in [6.45, 7) is 6.82. The molecule has 1 aromatic rings. The van der Waals surface area contributed by atoms with Gasteiger partial charge in [-0.1, -0.05) is 0 Å². The Morgan fingerprint density at radius 3 is 2.81 bits per heavy atom. The normalized spacial score (nSPS) is 33.6. The number of nitrogens with zero attached hydrogens (tertiary/aromatic N) is 3. The highest BCUT2D eigenvalue weighted by Gasteiger charge is 2.71. The molecule has 1 aromatic heterocycles. The van der Waals surface area contributed by atoms with E-state index in [4.69, 9.17) is 9.31 Å².